The van der Waals surface area contributed by atoms with Crippen molar-refractivity contribution in [3.8, 4) is 0 Å². The maximum Gasteiger partial charge on any atom is 0.0468 e. The molecule has 1 aliphatic rings. The van der Waals surface area contributed by atoms with E-state index in [1.165, 1.54) is 0 Å². The summed E-state index contributed by atoms with van der Waals surface area (Å²) >= 11 is 0. The van der Waals surface area contributed by atoms with Crippen LogP contribution in [-0.4, -0.2) is 37.6 Å². The highest BCUT2D eigenvalue weighted by molar-refractivity contribution is 5.22. The predicted octanol–water partition coefficient (Wildman–Crippen LogP) is 1.05. The number of hydrogen-bond acceptors (Lipinski definition) is 4. The Balaban J connectivity index is 2.29. The van der Waals surface area contributed by atoms with Crippen LogP contribution in [0.15, 0.2) is 10.2 Å². The van der Waals surface area contributed by atoms with Crippen LogP contribution >= 0.6 is 0 Å². The van der Waals surface area contributed by atoms with E-state index in [4.69, 9.17) is 0 Å². The molecule has 0 amide bonds. The molecule has 4 heteroatoms. The first kappa shape index (κ1) is 10.0. The van der Waals surface area contributed by atoms with Gasteiger partial charge in [-0.1, -0.05) is 0 Å². The molecule has 0 aromatic rings. The third kappa shape index (κ3) is 2.72. The van der Waals surface area contributed by atoms with Crippen LogP contribution in [0.2, 0.25) is 0 Å². The van der Waals surface area contributed by atoms with Gasteiger partial charge in [-0.05, 0) is 25.7 Å². The molecular weight excluding hydrogens is 164 g/mol. The first-order chi connectivity index (χ1) is 6.27. The molecule has 1 fully saturated rings. The van der Waals surface area contributed by atoms with Gasteiger partial charge < -0.3 is 5.43 Å². The summed E-state index contributed by atoms with van der Waals surface area (Å²) in [5, 5.41) is 9.57. The van der Waals surface area contributed by atoms with Crippen molar-refractivity contribution in [1.29, 1.82) is 0 Å². The number of nitrogens with zero attached hydrogens (tertiary/aromatic N) is 3. The predicted molar refractivity (Wildman–Crippen MR) is 56.0 cm³/mol. The summed E-state index contributed by atoms with van der Waals surface area (Å²) in [4.78, 5) is 0. The zero-order valence-electron chi connectivity index (χ0n) is 8.24. The average Bonchev–Trinajstić information content (AvgIpc) is 2.18. The molecule has 0 bridgehead atoms. The Hall–Kier alpha value is -1.06. The van der Waals surface area contributed by atoms with Gasteiger partial charge in [0.25, 0.3) is 0 Å². The van der Waals surface area contributed by atoms with Gasteiger partial charge >= 0.3 is 0 Å². The van der Waals surface area contributed by atoms with E-state index in [1.54, 1.807) is 0 Å². The fourth-order valence-electron chi connectivity index (χ4n) is 1.82. The van der Waals surface area contributed by atoms with Crippen LogP contribution in [-0.2, 0) is 0 Å². The van der Waals surface area contributed by atoms with E-state index < -0.39 is 0 Å². The van der Waals surface area contributed by atoms with Gasteiger partial charge in [0.1, 0.15) is 0 Å². The maximum absolute atomic E-state index is 3.91. The molecule has 0 spiro atoms. The molecule has 0 unspecified atom stereocenters. The standard InChI is InChI=1S/C9H18N4/c1-10-12-8-4-6-9(7-5-8)13(3)11-2/h8-9,12H,1-2,4-7H2,3H3. The van der Waals surface area contributed by atoms with Crippen molar-refractivity contribution >= 4 is 13.4 Å². The van der Waals surface area contributed by atoms with E-state index >= 15 is 0 Å². The quantitative estimate of drug-likeness (QED) is 0.521. The first-order valence-electron chi connectivity index (χ1n) is 4.68. The summed E-state index contributed by atoms with van der Waals surface area (Å²) in [6.45, 7) is 6.95. The fraction of sp³-hybridized carbons (Fsp3) is 0.778. The van der Waals surface area contributed by atoms with E-state index in [2.05, 4.69) is 29.1 Å². The Labute approximate surface area is 79.7 Å². The highest BCUT2D eigenvalue weighted by Crippen LogP contribution is 2.22. The van der Waals surface area contributed by atoms with Crippen LogP contribution in [0.5, 0.6) is 0 Å². The van der Waals surface area contributed by atoms with Gasteiger partial charge in [-0.2, -0.15) is 10.2 Å². The van der Waals surface area contributed by atoms with Crippen LogP contribution in [0, 0.1) is 0 Å². The minimum absolute atomic E-state index is 0.506. The van der Waals surface area contributed by atoms with E-state index in [0.29, 0.717) is 12.1 Å². The van der Waals surface area contributed by atoms with Crippen molar-refractivity contribution in [2.45, 2.75) is 37.8 Å². The molecule has 74 valence electrons. The summed E-state index contributed by atoms with van der Waals surface area (Å²) in [6, 6.07) is 1.06. The van der Waals surface area contributed by atoms with Gasteiger partial charge in [0.05, 0.1) is 0 Å². The lowest BCUT2D eigenvalue weighted by Crippen LogP contribution is -2.37. The van der Waals surface area contributed by atoms with Gasteiger partial charge in [0.15, 0.2) is 0 Å². The maximum atomic E-state index is 3.91. The summed E-state index contributed by atoms with van der Waals surface area (Å²) < 4.78 is 0. The molecule has 0 atom stereocenters. The van der Waals surface area contributed by atoms with Crippen molar-refractivity contribution < 1.29 is 0 Å². The minimum atomic E-state index is 0.506. The molecule has 4 nitrogen and oxygen atoms in total. The molecular formula is C9H18N4. The molecule has 0 aromatic carbocycles. The van der Waals surface area contributed by atoms with E-state index in [1.807, 2.05) is 12.1 Å². The van der Waals surface area contributed by atoms with Gasteiger partial charge in [-0.25, -0.2) is 0 Å². The topological polar surface area (TPSA) is 40.0 Å². The van der Waals surface area contributed by atoms with Crippen LogP contribution in [0.1, 0.15) is 25.7 Å². The summed E-state index contributed by atoms with van der Waals surface area (Å²) in [5.74, 6) is 0. The molecule has 0 heterocycles. The molecule has 0 aromatic heterocycles. The van der Waals surface area contributed by atoms with Crippen LogP contribution in [0.25, 0.3) is 0 Å². The highest BCUT2D eigenvalue weighted by Gasteiger charge is 2.22. The largest absolute Gasteiger partial charge is 0.308 e. The highest BCUT2D eigenvalue weighted by atomic mass is 15.4. The normalized spacial score (nSPS) is 27.8. The van der Waals surface area contributed by atoms with Gasteiger partial charge in [-0.15, -0.1) is 0 Å². The second-order valence-electron chi connectivity index (χ2n) is 3.51. The van der Waals surface area contributed by atoms with Gasteiger partial charge in [0.2, 0.25) is 0 Å². The number of hydrogen-bond donors (Lipinski definition) is 1. The third-order valence-corrected chi connectivity index (χ3v) is 2.72. The lowest BCUT2D eigenvalue weighted by Gasteiger charge is -2.32. The Bertz CT molecular complexity index is 172. The number of nitrogens with one attached hydrogen (secondary N) is 1. The average molecular weight is 182 g/mol. The van der Waals surface area contributed by atoms with E-state index in [-0.39, 0.29) is 0 Å². The summed E-state index contributed by atoms with van der Waals surface area (Å²) in [6.07, 6.45) is 4.60. The zero-order valence-corrected chi connectivity index (χ0v) is 8.24. The van der Waals surface area contributed by atoms with Crippen molar-refractivity contribution in [3.63, 3.8) is 0 Å². The van der Waals surface area contributed by atoms with Crippen molar-refractivity contribution in [1.82, 2.24) is 10.4 Å². The lowest BCUT2D eigenvalue weighted by atomic mass is 9.91. The zero-order chi connectivity index (χ0) is 9.68. The van der Waals surface area contributed by atoms with Crippen molar-refractivity contribution in [3.05, 3.63) is 0 Å². The summed E-state index contributed by atoms with van der Waals surface area (Å²) in [5.41, 5.74) is 3.01. The minimum Gasteiger partial charge on any atom is -0.308 e. The monoisotopic (exact) mass is 182 g/mol. The van der Waals surface area contributed by atoms with Crippen LogP contribution in [0.3, 0.4) is 0 Å². The Morgan fingerprint density at radius 3 is 2.31 bits per heavy atom. The molecule has 0 aliphatic heterocycles. The van der Waals surface area contributed by atoms with E-state index in [0.717, 1.165) is 25.7 Å². The molecule has 1 rings (SSSR count). The number of rotatable bonds is 4. The van der Waals surface area contributed by atoms with Gasteiger partial charge in [-0.3, -0.25) is 5.01 Å². The molecule has 1 saturated carbocycles. The van der Waals surface area contributed by atoms with Crippen molar-refractivity contribution in [2.75, 3.05) is 7.05 Å². The Kier molecular flexibility index (Phi) is 3.73. The summed E-state index contributed by atoms with van der Waals surface area (Å²) in [7, 11) is 1.98. The molecule has 13 heavy (non-hydrogen) atoms. The molecule has 1 aliphatic carbocycles. The molecule has 0 saturated heterocycles. The van der Waals surface area contributed by atoms with Gasteiger partial charge in [0, 0.05) is 32.6 Å². The SMILES string of the molecule is C=NNC1CCC(N(C)N=C)CC1. The van der Waals surface area contributed by atoms with Crippen LogP contribution < -0.4 is 5.43 Å². The Morgan fingerprint density at radius 1 is 1.23 bits per heavy atom. The van der Waals surface area contributed by atoms with E-state index in [9.17, 15) is 0 Å². The molecule has 1 N–H and O–H groups in total. The number of hydrazone groups is 2. The third-order valence-electron chi connectivity index (χ3n) is 2.72. The Morgan fingerprint density at radius 2 is 1.85 bits per heavy atom. The molecule has 0 radical (unpaired) electrons. The lowest BCUT2D eigenvalue weighted by molar-refractivity contribution is 0.182. The fourth-order valence-corrected chi connectivity index (χ4v) is 1.82. The smallest absolute Gasteiger partial charge is 0.0468 e. The second kappa shape index (κ2) is 4.84. The van der Waals surface area contributed by atoms with Crippen LogP contribution in [0.4, 0.5) is 0 Å². The first-order valence-corrected chi connectivity index (χ1v) is 4.68. The van der Waals surface area contributed by atoms with Crippen molar-refractivity contribution in [2.24, 2.45) is 10.2 Å². The second-order valence-corrected chi connectivity index (χ2v) is 3.51.